The Balaban J connectivity index is 1.01. The standard InChI is InChI=1S/C56H64O31/c1-18-37(66)41(70)45(74)54(81-18)79-16-32-39(68)43(72)47(76)56(83-32)87-52-40(69)36-31(64)15-30(63)35(51(36)86-49(52)22-5-7-25(58)27(60)13-22)23-14-29(62)28(61)12-21(23)9-10-78-53-48(77)44(73)50(85-34(65)8-4-20-3-6-24(57)26(59)11-20)33(84-53)17-80-55-46(75)42(71)38(67)19(2)82-55/h3-8,11-15,18-19,32-33,37-39,41-48,50,53-64,66-68,70-77H,9-10,16-17H2,1-2H3/b8-4+/t18-,19-,32+,33+,37-,38-,39+,41+,42+,43-,44+,45+,46+,47+,48+,50+,53+,54+,55+,56-/m0/s1. The third-order valence-corrected chi connectivity index (χ3v) is 15.1. The molecule has 474 valence electrons. The minimum atomic E-state index is -2.19. The van der Waals surface area contributed by atoms with E-state index in [-0.39, 0.29) is 22.3 Å². The number of aliphatic hydroxyl groups is 11. The zero-order valence-corrected chi connectivity index (χ0v) is 45.6. The average molecular weight is 1230 g/mol. The third kappa shape index (κ3) is 13.2. The van der Waals surface area contributed by atoms with E-state index in [1.54, 1.807) is 0 Å². The second-order valence-corrected chi connectivity index (χ2v) is 21.1. The number of hydrogen-bond acceptors (Lipinski definition) is 31. The van der Waals surface area contributed by atoms with Gasteiger partial charge in [0.1, 0.15) is 96.2 Å². The summed E-state index contributed by atoms with van der Waals surface area (Å²) in [6.07, 6.45) is -33.3. The highest BCUT2D eigenvalue weighted by molar-refractivity contribution is 6.01. The summed E-state index contributed by atoms with van der Waals surface area (Å²) in [7, 11) is 0. The smallest absolute Gasteiger partial charge is 0.331 e. The van der Waals surface area contributed by atoms with Crippen LogP contribution in [0.4, 0.5) is 0 Å². The van der Waals surface area contributed by atoms with Crippen LogP contribution in [0.25, 0.3) is 39.5 Å². The number of carbonyl (C=O) groups is 1. The number of carbonyl (C=O) groups excluding carboxylic acids is 1. The Morgan fingerprint density at radius 2 is 1.05 bits per heavy atom. The molecule has 0 amide bonds. The summed E-state index contributed by atoms with van der Waals surface area (Å²) < 4.78 is 57.5. The maximum atomic E-state index is 14.9. The molecule has 0 saturated carbocycles. The van der Waals surface area contributed by atoms with Gasteiger partial charge < -0.3 is 144 Å². The SMILES string of the molecule is C[C@@H]1O[C@@H](OC[C@H]2O[C@@H](Oc3c(-c4ccc(O)c(O)c4)oc4c(-c5cc(O)c(O)cc5CCO[C@@H]5O[C@H](CO[C@@H]6O[C@@H](C)[C@H](O)[C@@H](O)[C@H]6O)[C@@H](OC(=O)/C=C/c6ccc(O)c(O)c6)[C@H](O)[C@H]5O)c(O)cc(O)c4c3=O)[C@H](O)[C@@H](O)[C@@H]2O)[C@H](O)[C@H](O)[C@H]1O. The largest absolute Gasteiger partial charge is 0.507 e. The van der Waals surface area contributed by atoms with E-state index in [0.29, 0.717) is 6.07 Å². The lowest BCUT2D eigenvalue weighted by atomic mass is 9.93. The minimum Gasteiger partial charge on any atom is -0.507 e. The van der Waals surface area contributed by atoms with Gasteiger partial charge in [0.2, 0.25) is 17.5 Å². The van der Waals surface area contributed by atoms with Crippen LogP contribution in [-0.4, -0.2) is 246 Å². The predicted octanol–water partition coefficient (Wildman–Crippen LogP) is -2.72. The van der Waals surface area contributed by atoms with Crippen LogP contribution < -0.4 is 10.2 Å². The molecule has 0 spiro atoms. The fraction of sp³-hybridized carbons (Fsp3) is 0.464. The molecule has 9 rings (SSSR count). The summed E-state index contributed by atoms with van der Waals surface area (Å²) in [5.74, 6) is -8.60. The summed E-state index contributed by atoms with van der Waals surface area (Å²) >= 11 is 0. The fourth-order valence-electron chi connectivity index (χ4n) is 10.1. The summed E-state index contributed by atoms with van der Waals surface area (Å²) in [5.41, 5.74) is -2.89. The Morgan fingerprint density at radius 1 is 0.517 bits per heavy atom. The van der Waals surface area contributed by atoms with Gasteiger partial charge in [-0.05, 0) is 85.5 Å². The molecule has 4 aromatic carbocycles. The number of phenols is 8. The van der Waals surface area contributed by atoms with Gasteiger partial charge in [-0.3, -0.25) is 4.79 Å². The van der Waals surface area contributed by atoms with E-state index in [1.165, 1.54) is 26.0 Å². The van der Waals surface area contributed by atoms with Crippen LogP contribution in [0.3, 0.4) is 0 Å². The van der Waals surface area contributed by atoms with Crippen LogP contribution in [0.15, 0.2) is 69.9 Å². The molecule has 20 atom stereocenters. The van der Waals surface area contributed by atoms with E-state index >= 15 is 0 Å². The summed E-state index contributed by atoms with van der Waals surface area (Å²) in [5, 5.41) is 203. The first-order valence-corrected chi connectivity index (χ1v) is 26.8. The van der Waals surface area contributed by atoms with E-state index in [0.717, 1.165) is 48.5 Å². The minimum absolute atomic E-state index is 0.0604. The van der Waals surface area contributed by atoms with E-state index in [2.05, 4.69) is 0 Å². The van der Waals surface area contributed by atoms with Gasteiger partial charge in [-0.15, -0.1) is 0 Å². The number of rotatable bonds is 17. The molecule has 4 fully saturated rings. The monoisotopic (exact) mass is 1230 g/mol. The number of hydrogen-bond donors (Lipinski definition) is 19. The summed E-state index contributed by atoms with van der Waals surface area (Å²) in [6, 6.07) is 9.14. The van der Waals surface area contributed by atoms with Gasteiger partial charge in [0.25, 0.3) is 0 Å². The molecule has 87 heavy (non-hydrogen) atoms. The van der Waals surface area contributed by atoms with Crippen molar-refractivity contribution in [3.8, 4) is 74.2 Å². The Kier molecular flexibility index (Phi) is 19.4. The molecule has 0 radical (unpaired) electrons. The van der Waals surface area contributed by atoms with Crippen LogP contribution >= 0.6 is 0 Å². The second kappa shape index (κ2) is 26.2. The highest BCUT2D eigenvalue weighted by atomic mass is 16.7. The molecule has 5 heterocycles. The van der Waals surface area contributed by atoms with Crippen LogP contribution in [0, 0.1) is 0 Å². The zero-order chi connectivity index (χ0) is 63.2. The van der Waals surface area contributed by atoms with E-state index < -0.39 is 235 Å². The Hall–Kier alpha value is -7.22. The Labute approximate surface area is 489 Å². The van der Waals surface area contributed by atoms with Crippen LogP contribution in [-0.2, 0) is 49.1 Å². The number of fused-ring (bicyclic) bond motifs is 1. The highest BCUT2D eigenvalue weighted by Gasteiger charge is 2.51. The second-order valence-electron chi connectivity index (χ2n) is 21.1. The number of aromatic hydroxyl groups is 8. The van der Waals surface area contributed by atoms with E-state index in [9.17, 15) is 107 Å². The quantitative estimate of drug-likeness (QED) is 0.0255. The Morgan fingerprint density at radius 3 is 1.67 bits per heavy atom. The summed E-state index contributed by atoms with van der Waals surface area (Å²) in [4.78, 5) is 28.1. The molecule has 19 N–H and O–H groups in total. The van der Waals surface area contributed by atoms with Gasteiger partial charge in [0.15, 0.2) is 70.8 Å². The zero-order valence-electron chi connectivity index (χ0n) is 45.6. The predicted molar refractivity (Wildman–Crippen MR) is 286 cm³/mol. The summed E-state index contributed by atoms with van der Waals surface area (Å²) in [6.45, 7) is 0.689. The molecule has 31 heteroatoms. The number of phenolic OH excluding ortho intramolecular Hbond substituents is 8. The van der Waals surface area contributed by atoms with Crippen molar-refractivity contribution in [3.05, 3.63) is 82.0 Å². The molecule has 0 bridgehead atoms. The molecule has 4 saturated heterocycles. The molecule has 4 aliphatic heterocycles. The van der Waals surface area contributed by atoms with Crippen LogP contribution in [0.5, 0.6) is 51.7 Å². The van der Waals surface area contributed by atoms with Crippen molar-refractivity contribution in [2.75, 3.05) is 19.8 Å². The molecular weight excluding hydrogens is 1170 g/mol. The Bertz CT molecular complexity index is 3370. The highest BCUT2D eigenvalue weighted by Crippen LogP contribution is 2.48. The lowest BCUT2D eigenvalue weighted by Gasteiger charge is -2.43. The maximum absolute atomic E-state index is 14.9. The van der Waals surface area contributed by atoms with Gasteiger partial charge in [0.05, 0.1) is 37.6 Å². The normalized spacial score (nSPS) is 33.0. The third-order valence-electron chi connectivity index (χ3n) is 15.1. The van der Waals surface area contributed by atoms with Gasteiger partial charge in [-0.2, -0.15) is 0 Å². The topological polar surface area (TPSA) is 515 Å². The van der Waals surface area contributed by atoms with Crippen molar-refractivity contribution >= 4 is 23.0 Å². The first-order chi connectivity index (χ1) is 41.1. The molecule has 5 aromatic rings. The first kappa shape index (κ1) is 64.3. The van der Waals surface area contributed by atoms with Crippen molar-refractivity contribution in [3.63, 3.8) is 0 Å². The van der Waals surface area contributed by atoms with Crippen molar-refractivity contribution in [2.45, 2.75) is 143 Å². The average Bonchev–Trinajstić information content (AvgIpc) is 0.931. The van der Waals surface area contributed by atoms with E-state index in [1.807, 2.05) is 0 Å². The van der Waals surface area contributed by atoms with Crippen LogP contribution in [0.2, 0.25) is 0 Å². The first-order valence-electron chi connectivity index (χ1n) is 26.8. The number of ether oxygens (including phenoxy) is 9. The lowest BCUT2D eigenvalue weighted by molar-refractivity contribution is -0.328. The van der Waals surface area contributed by atoms with Crippen LogP contribution in [0.1, 0.15) is 25.0 Å². The molecule has 1 aromatic heterocycles. The number of aliphatic hydroxyl groups excluding tert-OH is 11. The van der Waals surface area contributed by atoms with Gasteiger partial charge in [-0.1, -0.05) is 6.07 Å². The van der Waals surface area contributed by atoms with Crippen molar-refractivity contribution in [2.24, 2.45) is 0 Å². The number of esters is 1. The molecule has 4 aliphatic rings. The molecule has 0 aliphatic carbocycles. The molecular formula is C56H64O31. The van der Waals surface area contributed by atoms with E-state index in [4.69, 9.17) is 47.0 Å². The number of benzene rings is 4. The van der Waals surface area contributed by atoms with Gasteiger partial charge in [0, 0.05) is 17.7 Å². The molecule has 31 nitrogen and oxygen atoms in total. The lowest BCUT2D eigenvalue weighted by Crippen LogP contribution is -2.62. The van der Waals surface area contributed by atoms with Gasteiger partial charge in [-0.25, -0.2) is 4.79 Å². The molecule has 0 unspecified atom stereocenters. The van der Waals surface area contributed by atoms with Crippen molar-refractivity contribution in [1.82, 2.24) is 0 Å². The van der Waals surface area contributed by atoms with Crippen molar-refractivity contribution in [1.29, 1.82) is 0 Å². The fourth-order valence-corrected chi connectivity index (χ4v) is 10.1. The van der Waals surface area contributed by atoms with Gasteiger partial charge >= 0.3 is 5.97 Å². The maximum Gasteiger partial charge on any atom is 0.331 e. The van der Waals surface area contributed by atoms with Crippen molar-refractivity contribution < 1.29 is 149 Å².